The summed E-state index contributed by atoms with van der Waals surface area (Å²) in [4.78, 5) is 22.2. The first-order valence-corrected chi connectivity index (χ1v) is 23.4. The summed E-state index contributed by atoms with van der Waals surface area (Å²) < 4.78 is 84.8. The maximum atomic E-state index is 17.9. The van der Waals surface area contributed by atoms with E-state index in [0.717, 1.165) is 0 Å². The number of anilines is 2. The van der Waals surface area contributed by atoms with Crippen LogP contribution in [0, 0.1) is 23.1 Å². The maximum absolute atomic E-state index is 17.9. The zero-order chi connectivity index (χ0) is 44.6. The number of alkyl halides is 2. The number of hydrogen-bond acceptors (Lipinski definition) is 11. The molecule has 3 atom stereocenters. The van der Waals surface area contributed by atoms with Gasteiger partial charge in [-0.1, -0.05) is 59.6 Å². The van der Waals surface area contributed by atoms with Gasteiger partial charge in [0.15, 0.2) is 12.6 Å². The van der Waals surface area contributed by atoms with Gasteiger partial charge in [0.1, 0.15) is 60.6 Å². The average Bonchev–Trinajstić information content (AvgIpc) is 3.35. The number of methoxy groups -OCH3 is 1. The lowest BCUT2D eigenvalue weighted by Gasteiger charge is -2.40. The summed E-state index contributed by atoms with van der Waals surface area (Å²) in [5.74, 6) is 2.86. The summed E-state index contributed by atoms with van der Waals surface area (Å²) in [6.45, 7) is 17.2. The number of nitrogens with two attached hydrogens (primary N) is 1. The van der Waals surface area contributed by atoms with Crippen LogP contribution in [0.25, 0.3) is 32.9 Å². The third kappa shape index (κ3) is 8.46. The Bertz CT molecular complexity index is 2490. The van der Waals surface area contributed by atoms with E-state index in [4.69, 9.17) is 34.6 Å². The van der Waals surface area contributed by atoms with Crippen LogP contribution in [0.2, 0.25) is 16.6 Å². The molecule has 0 spiro atoms. The van der Waals surface area contributed by atoms with E-state index in [0.29, 0.717) is 40.9 Å². The number of nitrogens with zero attached hydrogens (tertiary/aromatic N) is 6. The predicted octanol–water partition coefficient (Wildman–Crippen LogP) is 9.72. The Morgan fingerprint density at radius 2 is 1.71 bits per heavy atom. The molecule has 330 valence electrons. The van der Waals surface area contributed by atoms with Crippen LogP contribution in [0.5, 0.6) is 17.6 Å². The van der Waals surface area contributed by atoms with E-state index in [1.165, 1.54) is 13.2 Å². The molecule has 1 unspecified atom stereocenters. The maximum Gasteiger partial charge on any atom is 0.319 e. The first-order valence-electron chi connectivity index (χ1n) is 21.2. The second-order valence-corrected chi connectivity index (χ2v) is 22.8. The molecule has 0 bridgehead atoms. The molecule has 11 nitrogen and oxygen atoms in total. The van der Waals surface area contributed by atoms with Gasteiger partial charge in [0.2, 0.25) is 5.88 Å². The van der Waals surface area contributed by atoms with Crippen molar-refractivity contribution in [2.75, 3.05) is 50.8 Å². The number of nitrogen functional groups attached to an aromatic ring is 1. The highest BCUT2D eigenvalue weighted by Gasteiger charge is 2.42. The summed E-state index contributed by atoms with van der Waals surface area (Å²) in [6.07, 6.45) is -0.784. The van der Waals surface area contributed by atoms with E-state index in [9.17, 15) is 8.78 Å². The lowest BCUT2D eigenvalue weighted by atomic mass is 9.95. The van der Waals surface area contributed by atoms with Crippen LogP contribution in [-0.2, 0) is 4.74 Å². The fraction of sp³-hybridized carbons (Fsp3) is 0.478. The molecule has 2 aromatic carbocycles. The minimum Gasteiger partial charge on any atom is -0.472 e. The molecule has 1 fully saturated rings. The highest BCUT2D eigenvalue weighted by atomic mass is 28.3. The molecule has 16 heteroatoms. The summed E-state index contributed by atoms with van der Waals surface area (Å²) in [6, 6.07) is 9.03. The zero-order valence-corrected chi connectivity index (χ0v) is 37.7. The van der Waals surface area contributed by atoms with Gasteiger partial charge in [-0.15, -0.1) is 5.54 Å². The molecule has 7 rings (SSSR count). The van der Waals surface area contributed by atoms with Crippen molar-refractivity contribution < 1.29 is 36.5 Å². The largest absolute Gasteiger partial charge is 0.472 e. The van der Waals surface area contributed by atoms with Crippen molar-refractivity contribution in [2.24, 2.45) is 0 Å². The van der Waals surface area contributed by atoms with Gasteiger partial charge in [-0.2, -0.15) is 9.97 Å². The van der Waals surface area contributed by atoms with Crippen LogP contribution >= 0.6 is 0 Å². The molecule has 0 aliphatic carbocycles. The number of pyridine rings is 2. The minimum absolute atomic E-state index is 0.000850. The lowest BCUT2D eigenvalue weighted by Crippen LogP contribution is -2.52. The second kappa shape index (κ2) is 18.2. The Morgan fingerprint density at radius 1 is 0.968 bits per heavy atom. The Morgan fingerprint density at radius 3 is 2.35 bits per heavy atom. The number of benzene rings is 2. The number of rotatable bonds is 14. The molecule has 2 N–H and O–H groups in total. The molecule has 2 aliphatic rings. The Kier molecular flexibility index (Phi) is 13.2. The van der Waals surface area contributed by atoms with Crippen LogP contribution in [0.15, 0.2) is 42.6 Å². The molecule has 0 radical (unpaired) electrons. The summed E-state index contributed by atoms with van der Waals surface area (Å²) in [7, 11) is -0.876. The van der Waals surface area contributed by atoms with E-state index in [1.807, 2.05) is 24.8 Å². The zero-order valence-electron chi connectivity index (χ0n) is 36.7. The molecule has 2 aliphatic heterocycles. The molecule has 1 saturated heterocycles. The van der Waals surface area contributed by atoms with Crippen molar-refractivity contribution in [3.63, 3.8) is 0 Å². The van der Waals surface area contributed by atoms with E-state index >= 15 is 8.78 Å². The van der Waals surface area contributed by atoms with Crippen LogP contribution in [0.4, 0.5) is 29.2 Å². The molecule has 3 aromatic heterocycles. The van der Waals surface area contributed by atoms with E-state index in [2.05, 4.69) is 63.0 Å². The second-order valence-electron chi connectivity index (χ2n) is 17.2. The van der Waals surface area contributed by atoms with Crippen molar-refractivity contribution in [2.45, 2.75) is 103 Å². The molecule has 0 saturated carbocycles. The van der Waals surface area contributed by atoms with Gasteiger partial charge in [-0.3, -0.25) is 4.90 Å². The normalized spacial score (nSPS) is 17.3. The monoisotopic (exact) mass is 873 g/mol. The van der Waals surface area contributed by atoms with Crippen LogP contribution in [-0.4, -0.2) is 91.6 Å². The first-order chi connectivity index (χ1) is 29.5. The number of likely N-dealkylation sites (tertiary alicyclic amines) is 1. The molecule has 0 amide bonds. The summed E-state index contributed by atoms with van der Waals surface area (Å²) in [5, 5.41) is 1.07. The highest BCUT2D eigenvalue weighted by molar-refractivity contribution is 6.90. The average molecular weight is 874 g/mol. The fourth-order valence-corrected chi connectivity index (χ4v) is 14.5. The van der Waals surface area contributed by atoms with Crippen molar-refractivity contribution in [1.29, 1.82) is 0 Å². The van der Waals surface area contributed by atoms with Gasteiger partial charge in [0, 0.05) is 42.4 Å². The fourth-order valence-electron chi connectivity index (χ4n) is 9.33. The third-order valence-electron chi connectivity index (χ3n) is 12.5. The quantitative estimate of drug-likeness (QED) is 0.0497. The van der Waals surface area contributed by atoms with Gasteiger partial charge < -0.3 is 29.6 Å². The number of halogens is 4. The van der Waals surface area contributed by atoms with E-state index in [1.54, 1.807) is 35.4 Å². The molecular weight excluding hydrogens is 819 g/mol. The standard InChI is InChI=1S/C46H55F4N7O4Si/c1-25(2)62(26(3)4,27(5)6)18-15-34-36(47)13-12-30-19-32(60-24-58-9)20-35(38(30)34)41-40(50)42-39-44(55-46(54-42)59-23-31-14-17-56(31)22-37(48)49)57(21-28(7)61-45(39)53-41)29(8)33-11-10-16-52-43(33)51/h10-13,16,19-20,25-29,31,37H,14,17,21-24H2,1-9H3,(H2,51,52)/t28-,29?,31-/m0/s1. The Labute approximate surface area is 361 Å². The number of fused-ring (bicyclic) bond motifs is 1. The molecule has 62 heavy (non-hydrogen) atoms. The first kappa shape index (κ1) is 44.8. The Hall–Kier alpha value is -5.24. The van der Waals surface area contributed by atoms with Gasteiger partial charge >= 0.3 is 6.01 Å². The smallest absolute Gasteiger partial charge is 0.319 e. The molecule has 5 heterocycles. The van der Waals surface area contributed by atoms with E-state index < -0.39 is 38.3 Å². The van der Waals surface area contributed by atoms with Crippen LogP contribution < -0.4 is 24.8 Å². The van der Waals surface area contributed by atoms with Gasteiger partial charge in [0.05, 0.1) is 24.7 Å². The van der Waals surface area contributed by atoms with Crippen molar-refractivity contribution in [3.8, 4) is 40.4 Å². The van der Waals surface area contributed by atoms with Crippen molar-refractivity contribution in [1.82, 2.24) is 24.8 Å². The summed E-state index contributed by atoms with van der Waals surface area (Å²) >= 11 is 0. The number of aromatic nitrogens is 4. The predicted molar refractivity (Wildman–Crippen MR) is 237 cm³/mol. The van der Waals surface area contributed by atoms with Crippen LogP contribution in [0.1, 0.15) is 79.0 Å². The summed E-state index contributed by atoms with van der Waals surface area (Å²) in [5.41, 5.74) is 11.5. The van der Waals surface area contributed by atoms with Gasteiger partial charge in [-0.05, 0) is 66.5 Å². The minimum atomic E-state index is -2.50. The van der Waals surface area contributed by atoms with Gasteiger partial charge in [0.25, 0.3) is 6.43 Å². The van der Waals surface area contributed by atoms with E-state index in [-0.39, 0.29) is 94.6 Å². The SMILES string of the molecule is COCOc1cc(-c2nc3c4c(nc(OC[C@@H]5CCN5CC(F)F)nc4c2F)N(C(C)c2cccnc2N)C[C@H](C)O3)c2c(C#C[Si](C(C)C)(C(C)C)C(C)C)c(F)ccc2c1. The van der Waals surface area contributed by atoms with Crippen molar-refractivity contribution >= 4 is 41.4 Å². The third-order valence-corrected chi connectivity index (χ3v) is 18.8. The molecular formula is C46H55F4N7O4Si. The van der Waals surface area contributed by atoms with Gasteiger partial charge in [-0.25, -0.2) is 27.5 Å². The van der Waals surface area contributed by atoms with Crippen molar-refractivity contribution in [3.05, 3.63) is 65.4 Å². The van der Waals surface area contributed by atoms with Crippen LogP contribution in [0.3, 0.4) is 0 Å². The highest BCUT2D eigenvalue weighted by Crippen LogP contribution is 2.46. The topological polar surface area (TPSA) is 121 Å². The molecule has 5 aromatic rings. The number of ether oxygens (including phenoxy) is 4. The lowest BCUT2D eigenvalue weighted by molar-refractivity contribution is -0.00331. The number of hydrogen-bond donors (Lipinski definition) is 1. The Balaban J connectivity index is 1.49.